The molecule has 0 fully saturated rings. The summed E-state index contributed by atoms with van der Waals surface area (Å²) in [7, 11) is 0. The molecular weight excluding hydrogens is 775 g/mol. The van der Waals surface area contributed by atoms with Crippen molar-refractivity contribution < 1.29 is 0 Å². The van der Waals surface area contributed by atoms with E-state index in [0.717, 1.165) is 49.9 Å². The van der Waals surface area contributed by atoms with Crippen LogP contribution in [0.2, 0.25) is 0 Å². The molecule has 64 heavy (non-hydrogen) atoms. The minimum Gasteiger partial charge on any atom is -0.208 e. The summed E-state index contributed by atoms with van der Waals surface area (Å²) in [5.41, 5.74) is 11.9. The van der Waals surface area contributed by atoms with Gasteiger partial charge >= 0.3 is 0 Å². The summed E-state index contributed by atoms with van der Waals surface area (Å²) in [6.07, 6.45) is 0. The molecule has 0 aliphatic rings. The minimum absolute atomic E-state index is 0.616. The SMILES string of the molecule is c1ccc(-c2ccc(-c3ccc4cc(-c5cccc6ccccc56)ccc4c3)cc2-c2nc(-c3cccc(-c4cccc5ccccc45)c3)nc(-c3ccc4ccccc4c3)n2)cc1. The fourth-order valence-electron chi connectivity index (χ4n) is 9.23. The van der Waals surface area contributed by atoms with Crippen molar-refractivity contribution in [1.82, 2.24) is 15.0 Å². The third kappa shape index (κ3) is 6.86. The van der Waals surface area contributed by atoms with Crippen LogP contribution >= 0.6 is 0 Å². The van der Waals surface area contributed by atoms with E-state index >= 15 is 0 Å². The van der Waals surface area contributed by atoms with Crippen molar-refractivity contribution in [1.29, 1.82) is 0 Å². The lowest BCUT2D eigenvalue weighted by Crippen LogP contribution is -2.01. The van der Waals surface area contributed by atoms with E-state index in [1.807, 2.05) is 0 Å². The highest BCUT2D eigenvalue weighted by Gasteiger charge is 2.18. The Morgan fingerprint density at radius 2 is 0.609 bits per heavy atom. The Kier molecular flexibility index (Phi) is 9.16. The van der Waals surface area contributed by atoms with Gasteiger partial charge in [-0.15, -0.1) is 0 Å². The van der Waals surface area contributed by atoms with Gasteiger partial charge in [0.1, 0.15) is 0 Å². The van der Waals surface area contributed by atoms with Crippen LogP contribution in [0.25, 0.3) is 122 Å². The molecule has 11 aromatic carbocycles. The topological polar surface area (TPSA) is 38.7 Å². The van der Waals surface area contributed by atoms with E-state index in [0.29, 0.717) is 17.5 Å². The number of hydrogen-bond acceptors (Lipinski definition) is 3. The normalized spacial score (nSPS) is 11.4. The molecule has 0 spiro atoms. The van der Waals surface area contributed by atoms with Crippen LogP contribution in [-0.2, 0) is 0 Å². The van der Waals surface area contributed by atoms with E-state index in [1.54, 1.807) is 0 Å². The highest BCUT2D eigenvalue weighted by atomic mass is 15.0. The van der Waals surface area contributed by atoms with E-state index in [2.05, 4.69) is 237 Å². The van der Waals surface area contributed by atoms with Gasteiger partial charge in [-0.05, 0) is 118 Å². The molecule has 3 nitrogen and oxygen atoms in total. The maximum atomic E-state index is 5.37. The summed E-state index contributed by atoms with van der Waals surface area (Å²) in [5, 5.41) is 9.60. The van der Waals surface area contributed by atoms with Crippen LogP contribution in [0.3, 0.4) is 0 Å². The average Bonchev–Trinajstić information content (AvgIpc) is 3.38. The molecular formula is C61H39N3. The molecule has 1 heterocycles. The second kappa shape index (κ2) is 15.7. The smallest absolute Gasteiger partial charge is 0.164 e. The Morgan fingerprint density at radius 1 is 0.188 bits per heavy atom. The molecule has 0 saturated heterocycles. The van der Waals surface area contributed by atoms with Crippen LogP contribution in [0.5, 0.6) is 0 Å². The molecule has 3 heteroatoms. The second-order valence-electron chi connectivity index (χ2n) is 16.4. The van der Waals surface area contributed by atoms with Gasteiger partial charge in [-0.25, -0.2) is 15.0 Å². The fraction of sp³-hybridized carbons (Fsp3) is 0. The van der Waals surface area contributed by atoms with Gasteiger partial charge in [-0.2, -0.15) is 0 Å². The molecule has 0 amide bonds. The molecule has 0 aliphatic carbocycles. The van der Waals surface area contributed by atoms with E-state index in [-0.39, 0.29) is 0 Å². The summed E-state index contributed by atoms with van der Waals surface area (Å²) in [4.78, 5) is 15.9. The van der Waals surface area contributed by atoms with E-state index in [1.165, 1.54) is 54.4 Å². The zero-order chi connectivity index (χ0) is 42.4. The molecule has 0 N–H and O–H groups in total. The minimum atomic E-state index is 0.616. The lowest BCUT2D eigenvalue weighted by atomic mass is 9.92. The van der Waals surface area contributed by atoms with Crippen LogP contribution in [0, 0.1) is 0 Å². The largest absolute Gasteiger partial charge is 0.208 e. The first-order valence-corrected chi connectivity index (χ1v) is 21.7. The summed E-state index contributed by atoms with van der Waals surface area (Å²) in [5.74, 6) is 1.86. The monoisotopic (exact) mass is 813 g/mol. The maximum Gasteiger partial charge on any atom is 0.164 e. The van der Waals surface area contributed by atoms with Crippen LogP contribution in [-0.4, -0.2) is 15.0 Å². The second-order valence-corrected chi connectivity index (χ2v) is 16.4. The summed E-state index contributed by atoms with van der Waals surface area (Å²) >= 11 is 0. The number of rotatable bonds is 7. The Balaban J connectivity index is 1.02. The number of fused-ring (bicyclic) bond motifs is 4. The van der Waals surface area contributed by atoms with Crippen molar-refractivity contribution in [2.45, 2.75) is 0 Å². The van der Waals surface area contributed by atoms with Gasteiger partial charge in [-0.3, -0.25) is 0 Å². The third-order valence-electron chi connectivity index (χ3n) is 12.5. The van der Waals surface area contributed by atoms with E-state index < -0.39 is 0 Å². The van der Waals surface area contributed by atoms with Crippen LogP contribution in [0.15, 0.2) is 237 Å². The molecule has 298 valence electrons. The number of benzene rings is 11. The zero-order valence-corrected chi connectivity index (χ0v) is 34.9. The van der Waals surface area contributed by atoms with Gasteiger partial charge in [0.25, 0.3) is 0 Å². The molecule has 0 atom stereocenters. The Morgan fingerprint density at radius 3 is 1.33 bits per heavy atom. The molecule has 0 aliphatic heterocycles. The van der Waals surface area contributed by atoms with Crippen molar-refractivity contribution in [2.24, 2.45) is 0 Å². The van der Waals surface area contributed by atoms with Crippen molar-refractivity contribution in [3.63, 3.8) is 0 Å². The lowest BCUT2D eigenvalue weighted by Gasteiger charge is -2.15. The third-order valence-corrected chi connectivity index (χ3v) is 12.5. The van der Waals surface area contributed by atoms with E-state index in [9.17, 15) is 0 Å². The zero-order valence-electron chi connectivity index (χ0n) is 34.9. The van der Waals surface area contributed by atoms with E-state index in [4.69, 9.17) is 15.0 Å². The first kappa shape index (κ1) is 37.2. The van der Waals surface area contributed by atoms with Crippen molar-refractivity contribution in [3.8, 4) is 78.7 Å². The van der Waals surface area contributed by atoms with Gasteiger partial charge in [0.15, 0.2) is 17.5 Å². The predicted molar refractivity (Wildman–Crippen MR) is 268 cm³/mol. The quantitative estimate of drug-likeness (QED) is 0.161. The van der Waals surface area contributed by atoms with Crippen molar-refractivity contribution in [3.05, 3.63) is 237 Å². The predicted octanol–water partition coefficient (Wildman–Crippen LogP) is 16.2. The van der Waals surface area contributed by atoms with Gasteiger partial charge in [0.05, 0.1) is 0 Å². The number of aromatic nitrogens is 3. The van der Waals surface area contributed by atoms with Gasteiger partial charge in [0, 0.05) is 16.7 Å². The lowest BCUT2D eigenvalue weighted by molar-refractivity contribution is 1.07. The molecule has 12 aromatic rings. The van der Waals surface area contributed by atoms with Crippen LogP contribution < -0.4 is 0 Å². The Bertz CT molecular complexity index is 3730. The molecule has 12 rings (SSSR count). The fourth-order valence-corrected chi connectivity index (χ4v) is 9.23. The standard InChI is InChI=1S/C61H39N3/c1-2-14-41(15-3-1)57-34-33-48(46-28-29-47-36-50(31-30-45(47)35-46)56-26-12-20-43-17-7-9-24-54(43)56)39-58(57)61-63-59(62-60(64-61)52-32-27-40-13-4-5-18-44(40)37-52)51-22-10-21-49(38-51)55-25-11-19-42-16-6-8-23-53(42)55/h1-39H. The van der Waals surface area contributed by atoms with Gasteiger partial charge < -0.3 is 0 Å². The molecule has 0 unspecified atom stereocenters. The van der Waals surface area contributed by atoms with Crippen LogP contribution in [0.1, 0.15) is 0 Å². The molecule has 0 saturated carbocycles. The first-order valence-electron chi connectivity index (χ1n) is 21.7. The highest BCUT2D eigenvalue weighted by molar-refractivity contribution is 6.00. The van der Waals surface area contributed by atoms with Gasteiger partial charge in [0.2, 0.25) is 0 Å². The van der Waals surface area contributed by atoms with Crippen molar-refractivity contribution >= 4 is 43.1 Å². The average molecular weight is 814 g/mol. The first-order chi connectivity index (χ1) is 31.7. The summed E-state index contributed by atoms with van der Waals surface area (Å²) < 4.78 is 0. The highest BCUT2D eigenvalue weighted by Crippen LogP contribution is 2.39. The van der Waals surface area contributed by atoms with Gasteiger partial charge in [-0.1, -0.05) is 206 Å². The number of hydrogen-bond donors (Lipinski definition) is 0. The Hall–Kier alpha value is -8.53. The molecule has 0 bridgehead atoms. The maximum absolute atomic E-state index is 5.37. The number of nitrogens with zero attached hydrogens (tertiary/aromatic N) is 3. The summed E-state index contributed by atoms with van der Waals surface area (Å²) in [6, 6.07) is 84.4. The molecule has 1 aromatic heterocycles. The Labute approximate surface area is 371 Å². The van der Waals surface area contributed by atoms with Crippen molar-refractivity contribution in [2.75, 3.05) is 0 Å². The molecule has 0 radical (unpaired) electrons. The van der Waals surface area contributed by atoms with Crippen LogP contribution in [0.4, 0.5) is 0 Å². The summed E-state index contributed by atoms with van der Waals surface area (Å²) in [6.45, 7) is 0.